The van der Waals surface area contributed by atoms with Crippen molar-refractivity contribution < 1.29 is 0 Å². The Bertz CT molecular complexity index is 1100. The molecule has 0 nitrogen and oxygen atoms in total. The Kier molecular flexibility index (Phi) is 5.58. The number of benzene rings is 4. The lowest BCUT2D eigenvalue weighted by Crippen LogP contribution is -1.90. The number of hydrogen-bond donors (Lipinski definition) is 0. The van der Waals surface area contributed by atoms with Crippen molar-refractivity contribution >= 4 is 27.1 Å². The Morgan fingerprint density at radius 1 is 0.643 bits per heavy atom. The predicted molar refractivity (Wildman–Crippen MR) is 124 cm³/mol. The molecule has 28 heavy (non-hydrogen) atoms. The van der Waals surface area contributed by atoms with Crippen LogP contribution in [0.25, 0.3) is 27.1 Å². The minimum Gasteiger partial charge on any atom is -0.0906 e. The van der Waals surface area contributed by atoms with E-state index in [-0.39, 0.29) is 0 Å². The first-order chi connectivity index (χ1) is 13.7. The molecule has 0 saturated heterocycles. The summed E-state index contributed by atoms with van der Waals surface area (Å²) in [4.78, 5) is 0. The van der Waals surface area contributed by atoms with E-state index in [2.05, 4.69) is 92.4 Å². The molecule has 0 bridgehead atoms. The van der Waals surface area contributed by atoms with Crippen LogP contribution < -0.4 is 0 Å². The third-order valence-electron chi connectivity index (χ3n) is 5.67. The van der Waals surface area contributed by atoms with Crippen molar-refractivity contribution in [1.29, 1.82) is 0 Å². The second-order valence-corrected chi connectivity index (χ2v) is 7.75. The van der Waals surface area contributed by atoms with Crippen molar-refractivity contribution in [3.8, 4) is 0 Å². The van der Waals surface area contributed by atoms with Crippen LogP contribution in [0, 0.1) is 0 Å². The van der Waals surface area contributed by atoms with E-state index >= 15 is 0 Å². The molecule has 0 saturated carbocycles. The summed E-state index contributed by atoms with van der Waals surface area (Å²) in [5.74, 6) is 0. The van der Waals surface area contributed by atoms with E-state index in [0.29, 0.717) is 0 Å². The number of fused-ring (bicyclic) bond motifs is 2. The van der Waals surface area contributed by atoms with Gasteiger partial charge in [-0.25, -0.2) is 0 Å². The van der Waals surface area contributed by atoms with Gasteiger partial charge in [-0.15, -0.1) is 0 Å². The van der Waals surface area contributed by atoms with Crippen LogP contribution in [-0.4, -0.2) is 0 Å². The lowest BCUT2D eigenvalue weighted by Gasteiger charge is -2.10. The Morgan fingerprint density at radius 3 is 2.00 bits per heavy atom. The van der Waals surface area contributed by atoms with Gasteiger partial charge in [0.2, 0.25) is 0 Å². The van der Waals surface area contributed by atoms with E-state index in [4.69, 9.17) is 0 Å². The second kappa shape index (κ2) is 8.44. The highest BCUT2D eigenvalue weighted by Crippen LogP contribution is 2.28. The molecule has 0 amide bonds. The lowest BCUT2D eigenvalue weighted by molar-refractivity contribution is 0.667. The topological polar surface area (TPSA) is 0 Å². The zero-order chi connectivity index (χ0) is 19.3. The molecule has 0 radical (unpaired) electrons. The van der Waals surface area contributed by atoms with E-state index in [0.717, 1.165) is 5.57 Å². The summed E-state index contributed by atoms with van der Waals surface area (Å²) < 4.78 is 0. The highest BCUT2D eigenvalue weighted by molar-refractivity contribution is 5.99. The van der Waals surface area contributed by atoms with Crippen LogP contribution in [0.1, 0.15) is 49.3 Å². The fourth-order valence-electron chi connectivity index (χ4n) is 3.92. The molecule has 0 aliphatic rings. The van der Waals surface area contributed by atoms with Gasteiger partial charge in [-0.3, -0.25) is 0 Å². The van der Waals surface area contributed by atoms with Gasteiger partial charge in [0.05, 0.1) is 0 Å². The van der Waals surface area contributed by atoms with Crippen LogP contribution in [0.3, 0.4) is 0 Å². The van der Waals surface area contributed by atoms with E-state index in [1.807, 2.05) is 0 Å². The van der Waals surface area contributed by atoms with Crippen molar-refractivity contribution in [2.75, 3.05) is 0 Å². The molecular formula is C28H28. The van der Waals surface area contributed by atoms with E-state index in [1.165, 1.54) is 70.3 Å². The van der Waals surface area contributed by atoms with Crippen molar-refractivity contribution in [3.63, 3.8) is 0 Å². The number of rotatable bonds is 7. The Labute approximate surface area is 168 Å². The Hall–Kier alpha value is -2.86. The molecule has 0 aliphatic carbocycles. The van der Waals surface area contributed by atoms with Crippen molar-refractivity contribution in [1.82, 2.24) is 0 Å². The summed E-state index contributed by atoms with van der Waals surface area (Å²) in [5, 5.41) is 5.11. The summed E-state index contributed by atoms with van der Waals surface area (Å²) in [6.07, 6.45) is 6.42. The standard InChI is InChI=1S/C28H28/c1-3-4-5-6-9-22-12-14-23(15-13-22)21(2)24-16-17-27-19-25-10-7-8-11-26(25)20-28(27)18-24/h7-8,10-20H,2-6,9H2,1H3. The Balaban J connectivity index is 1.55. The first kappa shape index (κ1) is 18.5. The maximum Gasteiger partial charge on any atom is -0.0171 e. The summed E-state index contributed by atoms with van der Waals surface area (Å²) in [5.41, 5.74) is 4.92. The fraction of sp³-hybridized carbons (Fsp3) is 0.214. The van der Waals surface area contributed by atoms with Crippen molar-refractivity contribution in [3.05, 3.63) is 102 Å². The first-order valence-electron chi connectivity index (χ1n) is 10.5. The zero-order valence-corrected chi connectivity index (χ0v) is 16.7. The van der Waals surface area contributed by atoms with Crippen LogP contribution >= 0.6 is 0 Å². The van der Waals surface area contributed by atoms with Gasteiger partial charge < -0.3 is 0 Å². The summed E-state index contributed by atoms with van der Waals surface area (Å²) in [6, 6.07) is 28.7. The van der Waals surface area contributed by atoms with Gasteiger partial charge in [0.25, 0.3) is 0 Å². The van der Waals surface area contributed by atoms with Gasteiger partial charge in [0.1, 0.15) is 0 Å². The smallest absolute Gasteiger partial charge is 0.0171 e. The third-order valence-corrected chi connectivity index (χ3v) is 5.67. The normalized spacial score (nSPS) is 11.2. The number of hydrogen-bond acceptors (Lipinski definition) is 0. The van der Waals surface area contributed by atoms with Gasteiger partial charge in [-0.05, 0) is 74.8 Å². The monoisotopic (exact) mass is 364 g/mol. The third kappa shape index (κ3) is 4.02. The van der Waals surface area contributed by atoms with E-state index < -0.39 is 0 Å². The molecule has 0 heterocycles. The highest BCUT2D eigenvalue weighted by atomic mass is 14.1. The zero-order valence-electron chi connectivity index (χ0n) is 16.7. The van der Waals surface area contributed by atoms with E-state index in [1.54, 1.807) is 0 Å². The average Bonchev–Trinajstić information content (AvgIpc) is 2.75. The molecule has 0 spiro atoms. The van der Waals surface area contributed by atoms with Gasteiger partial charge in [0, 0.05) is 0 Å². The molecule has 0 N–H and O–H groups in total. The lowest BCUT2D eigenvalue weighted by atomic mass is 9.94. The van der Waals surface area contributed by atoms with Crippen LogP contribution in [0.4, 0.5) is 0 Å². The van der Waals surface area contributed by atoms with Gasteiger partial charge in [-0.1, -0.05) is 93.4 Å². The number of aryl methyl sites for hydroxylation is 1. The summed E-state index contributed by atoms with van der Waals surface area (Å²) in [7, 11) is 0. The molecule has 4 aromatic rings. The average molecular weight is 365 g/mol. The summed E-state index contributed by atoms with van der Waals surface area (Å²) >= 11 is 0. The molecule has 0 heteroatoms. The van der Waals surface area contributed by atoms with Crippen LogP contribution in [0.15, 0.2) is 85.4 Å². The molecule has 0 aromatic heterocycles. The predicted octanol–water partition coefficient (Wildman–Crippen LogP) is 8.18. The minimum atomic E-state index is 1.09. The molecule has 4 aromatic carbocycles. The van der Waals surface area contributed by atoms with Crippen LogP contribution in [0.5, 0.6) is 0 Å². The molecule has 0 fully saturated rings. The molecule has 0 aliphatic heterocycles. The van der Waals surface area contributed by atoms with Crippen LogP contribution in [0.2, 0.25) is 0 Å². The second-order valence-electron chi connectivity index (χ2n) is 7.75. The van der Waals surface area contributed by atoms with Gasteiger partial charge in [0.15, 0.2) is 0 Å². The maximum atomic E-state index is 4.38. The van der Waals surface area contributed by atoms with Gasteiger partial charge >= 0.3 is 0 Å². The molecule has 0 atom stereocenters. The fourth-order valence-corrected chi connectivity index (χ4v) is 3.92. The number of unbranched alkanes of at least 4 members (excludes halogenated alkanes) is 3. The highest BCUT2D eigenvalue weighted by Gasteiger charge is 2.05. The minimum absolute atomic E-state index is 1.09. The molecular weight excluding hydrogens is 336 g/mol. The molecule has 4 rings (SSSR count). The molecule has 0 unspecified atom stereocenters. The first-order valence-corrected chi connectivity index (χ1v) is 10.5. The SMILES string of the molecule is C=C(c1ccc(CCCCCC)cc1)c1ccc2cc3ccccc3cc2c1. The van der Waals surface area contributed by atoms with Crippen LogP contribution in [-0.2, 0) is 6.42 Å². The van der Waals surface area contributed by atoms with E-state index in [9.17, 15) is 0 Å². The summed E-state index contributed by atoms with van der Waals surface area (Å²) in [6.45, 7) is 6.64. The van der Waals surface area contributed by atoms with Gasteiger partial charge in [-0.2, -0.15) is 0 Å². The van der Waals surface area contributed by atoms with Crippen molar-refractivity contribution in [2.45, 2.75) is 39.0 Å². The Morgan fingerprint density at radius 2 is 1.29 bits per heavy atom. The molecule has 140 valence electrons. The quantitative estimate of drug-likeness (QED) is 0.229. The largest absolute Gasteiger partial charge is 0.0906 e. The van der Waals surface area contributed by atoms with Crippen molar-refractivity contribution in [2.24, 2.45) is 0 Å². The maximum absolute atomic E-state index is 4.38.